The smallest absolute Gasteiger partial charge is 0.264 e. The van der Waals surface area contributed by atoms with Gasteiger partial charge in [-0.1, -0.05) is 11.6 Å². The van der Waals surface area contributed by atoms with Gasteiger partial charge in [0.05, 0.1) is 5.02 Å². The lowest BCUT2D eigenvalue weighted by Crippen LogP contribution is -2.13. The molecule has 114 valence electrons. The van der Waals surface area contributed by atoms with E-state index in [-0.39, 0.29) is 28.3 Å². The van der Waals surface area contributed by atoms with Gasteiger partial charge in [0.25, 0.3) is 10.0 Å². The Bertz CT molecular complexity index is 740. The van der Waals surface area contributed by atoms with Crippen molar-refractivity contribution >= 4 is 27.4 Å². The van der Waals surface area contributed by atoms with E-state index in [1.807, 2.05) is 18.4 Å². The van der Waals surface area contributed by atoms with Gasteiger partial charge in [0.1, 0.15) is 4.90 Å². The second-order valence-electron chi connectivity index (χ2n) is 4.81. The highest BCUT2D eigenvalue weighted by Gasteiger charge is 2.20. The third-order valence-electron chi connectivity index (χ3n) is 2.97. The van der Waals surface area contributed by atoms with Crippen LogP contribution in [0.25, 0.3) is 0 Å². The minimum absolute atomic E-state index is 0.103. The third-order valence-corrected chi connectivity index (χ3v) is 4.58. The lowest BCUT2D eigenvalue weighted by Gasteiger charge is -2.10. The first-order valence-corrected chi connectivity index (χ1v) is 8.25. The molecule has 0 atom stereocenters. The topological polar surface area (TPSA) is 90.0 Å². The summed E-state index contributed by atoms with van der Waals surface area (Å²) in [4.78, 5) is 4.06. The van der Waals surface area contributed by atoms with Gasteiger partial charge in [-0.25, -0.2) is 13.4 Å². The number of nitrogens with one attached hydrogen (secondary N) is 1. The number of sulfonamides is 1. The van der Waals surface area contributed by atoms with Gasteiger partial charge < -0.3 is 10.3 Å². The summed E-state index contributed by atoms with van der Waals surface area (Å²) in [5.41, 5.74) is 6.40. The summed E-state index contributed by atoms with van der Waals surface area (Å²) in [5.74, 6) is 0.103. The van der Waals surface area contributed by atoms with Gasteiger partial charge in [0, 0.05) is 30.7 Å². The van der Waals surface area contributed by atoms with E-state index in [9.17, 15) is 8.42 Å². The van der Waals surface area contributed by atoms with Gasteiger partial charge in [0.2, 0.25) is 0 Å². The molecule has 0 aliphatic carbocycles. The van der Waals surface area contributed by atoms with Crippen molar-refractivity contribution in [3.63, 3.8) is 0 Å². The van der Waals surface area contributed by atoms with Gasteiger partial charge in [0.15, 0.2) is 5.82 Å². The molecule has 0 bridgehead atoms. The van der Waals surface area contributed by atoms with Crippen LogP contribution in [-0.2, 0) is 16.6 Å². The molecular formula is C13H17ClN4O2S. The molecule has 0 aliphatic heterocycles. The van der Waals surface area contributed by atoms with E-state index in [4.69, 9.17) is 17.3 Å². The standard InChI is InChI=1S/C13H17ClN4O2S/c1-9(2)18-8-11(6-10(18)7-15)21(19,20)17-13-12(14)4-3-5-16-13/h3-6,8-9H,7,15H2,1-2H3,(H,16,17). The van der Waals surface area contributed by atoms with Crippen LogP contribution in [0.15, 0.2) is 35.5 Å². The van der Waals surface area contributed by atoms with Crippen LogP contribution in [0.3, 0.4) is 0 Å². The van der Waals surface area contributed by atoms with E-state index >= 15 is 0 Å². The highest BCUT2D eigenvalue weighted by molar-refractivity contribution is 7.92. The Kier molecular flexibility index (Phi) is 4.55. The molecule has 3 N–H and O–H groups in total. The van der Waals surface area contributed by atoms with Crippen LogP contribution in [0.5, 0.6) is 0 Å². The lowest BCUT2D eigenvalue weighted by atomic mass is 10.3. The summed E-state index contributed by atoms with van der Waals surface area (Å²) in [6.07, 6.45) is 3.03. The van der Waals surface area contributed by atoms with Gasteiger partial charge >= 0.3 is 0 Å². The van der Waals surface area contributed by atoms with Crippen molar-refractivity contribution in [2.24, 2.45) is 5.73 Å². The molecule has 0 saturated heterocycles. The summed E-state index contributed by atoms with van der Waals surface area (Å²) < 4.78 is 29.0. The normalized spacial score (nSPS) is 11.9. The molecule has 6 nitrogen and oxygen atoms in total. The monoisotopic (exact) mass is 328 g/mol. The first kappa shape index (κ1) is 15.8. The molecule has 2 aromatic heterocycles. The average Bonchev–Trinajstić information content (AvgIpc) is 2.86. The fourth-order valence-corrected chi connectivity index (χ4v) is 3.24. The number of aromatic nitrogens is 2. The van der Waals surface area contributed by atoms with Crippen molar-refractivity contribution in [1.29, 1.82) is 0 Å². The first-order chi connectivity index (χ1) is 9.85. The van der Waals surface area contributed by atoms with Crippen molar-refractivity contribution in [3.8, 4) is 0 Å². The van der Waals surface area contributed by atoms with E-state index < -0.39 is 10.0 Å². The van der Waals surface area contributed by atoms with Crippen molar-refractivity contribution in [1.82, 2.24) is 9.55 Å². The second-order valence-corrected chi connectivity index (χ2v) is 6.90. The largest absolute Gasteiger partial charge is 0.346 e. The Morgan fingerprint density at radius 2 is 2.19 bits per heavy atom. The third kappa shape index (κ3) is 3.37. The summed E-state index contributed by atoms with van der Waals surface area (Å²) in [6, 6.07) is 4.86. The van der Waals surface area contributed by atoms with Crippen molar-refractivity contribution in [2.45, 2.75) is 31.3 Å². The Morgan fingerprint density at radius 1 is 1.48 bits per heavy atom. The van der Waals surface area contributed by atoms with Crippen LogP contribution >= 0.6 is 11.6 Å². The average molecular weight is 329 g/mol. The van der Waals surface area contributed by atoms with E-state index in [0.29, 0.717) is 0 Å². The zero-order valence-electron chi connectivity index (χ0n) is 11.7. The molecule has 0 fully saturated rings. The Labute approximate surface area is 129 Å². The van der Waals surface area contributed by atoms with E-state index in [1.54, 1.807) is 24.4 Å². The van der Waals surface area contributed by atoms with E-state index in [1.165, 1.54) is 6.20 Å². The Hall–Kier alpha value is -1.57. The number of rotatable bonds is 5. The van der Waals surface area contributed by atoms with Crippen molar-refractivity contribution in [3.05, 3.63) is 41.3 Å². The molecular weight excluding hydrogens is 312 g/mol. The molecule has 0 aromatic carbocycles. The molecule has 8 heteroatoms. The Balaban J connectivity index is 2.38. The summed E-state index contributed by atoms with van der Waals surface area (Å²) in [6.45, 7) is 4.18. The number of nitrogens with zero attached hydrogens (tertiary/aromatic N) is 2. The van der Waals surface area contributed by atoms with Gasteiger partial charge in [-0.05, 0) is 32.0 Å². The quantitative estimate of drug-likeness (QED) is 0.881. The predicted octanol–water partition coefficient (Wildman–Crippen LogP) is 2.38. The maximum atomic E-state index is 12.4. The molecule has 0 unspecified atom stereocenters. The maximum absolute atomic E-state index is 12.4. The van der Waals surface area contributed by atoms with Crippen LogP contribution < -0.4 is 10.5 Å². The molecule has 21 heavy (non-hydrogen) atoms. The SMILES string of the molecule is CC(C)n1cc(S(=O)(=O)Nc2ncccc2Cl)cc1CN. The van der Waals surface area contributed by atoms with Crippen LogP contribution in [0.2, 0.25) is 5.02 Å². The fraction of sp³-hybridized carbons (Fsp3) is 0.308. The van der Waals surface area contributed by atoms with Gasteiger partial charge in [-0.3, -0.25) is 4.72 Å². The number of hydrogen-bond acceptors (Lipinski definition) is 4. The summed E-state index contributed by atoms with van der Waals surface area (Å²) in [7, 11) is -3.75. The fourth-order valence-electron chi connectivity index (χ4n) is 1.94. The maximum Gasteiger partial charge on any atom is 0.264 e. The van der Waals surface area contributed by atoms with Gasteiger partial charge in [-0.2, -0.15) is 0 Å². The van der Waals surface area contributed by atoms with Gasteiger partial charge in [-0.15, -0.1) is 0 Å². The number of nitrogens with two attached hydrogens (primary N) is 1. The molecule has 0 spiro atoms. The van der Waals surface area contributed by atoms with Crippen LogP contribution in [0.4, 0.5) is 5.82 Å². The van der Waals surface area contributed by atoms with E-state index in [0.717, 1.165) is 5.69 Å². The zero-order chi connectivity index (χ0) is 15.6. The summed E-state index contributed by atoms with van der Waals surface area (Å²) >= 11 is 5.92. The lowest BCUT2D eigenvalue weighted by molar-refractivity contribution is 0.573. The number of anilines is 1. The first-order valence-electron chi connectivity index (χ1n) is 6.39. The molecule has 2 heterocycles. The minimum Gasteiger partial charge on any atom is -0.346 e. The molecule has 2 aromatic rings. The zero-order valence-corrected chi connectivity index (χ0v) is 13.3. The van der Waals surface area contributed by atoms with Crippen molar-refractivity contribution < 1.29 is 8.42 Å². The molecule has 2 rings (SSSR count). The predicted molar refractivity (Wildman–Crippen MR) is 82.8 cm³/mol. The second kappa shape index (κ2) is 6.05. The van der Waals surface area contributed by atoms with E-state index in [2.05, 4.69) is 9.71 Å². The van der Waals surface area contributed by atoms with Crippen LogP contribution in [-0.4, -0.2) is 18.0 Å². The van der Waals surface area contributed by atoms with Crippen molar-refractivity contribution in [2.75, 3.05) is 4.72 Å². The molecule has 0 amide bonds. The number of pyridine rings is 1. The Morgan fingerprint density at radius 3 is 2.71 bits per heavy atom. The number of hydrogen-bond donors (Lipinski definition) is 2. The highest BCUT2D eigenvalue weighted by Crippen LogP contribution is 2.24. The summed E-state index contributed by atoms with van der Waals surface area (Å²) in [5, 5.41) is 0.239. The van der Waals surface area contributed by atoms with Crippen LogP contribution in [0.1, 0.15) is 25.6 Å². The highest BCUT2D eigenvalue weighted by atomic mass is 35.5. The molecule has 0 radical (unpaired) electrons. The molecule has 0 saturated carbocycles. The van der Waals surface area contributed by atoms with Crippen LogP contribution in [0, 0.1) is 0 Å². The minimum atomic E-state index is -3.75. The molecule has 0 aliphatic rings. The number of halogens is 1.